The molecule has 0 radical (unpaired) electrons. The van der Waals surface area contributed by atoms with Gasteiger partial charge in [0.2, 0.25) is 0 Å². The molecule has 1 aromatic carbocycles. The van der Waals surface area contributed by atoms with Crippen LogP contribution in [0, 0.1) is 46.3 Å². The Kier molecular flexibility index (Phi) is 13.1. The quantitative estimate of drug-likeness (QED) is 0.119. The maximum atomic E-state index is 13.5. The van der Waals surface area contributed by atoms with E-state index < -0.39 is 48.7 Å². The van der Waals surface area contributed by atoms with Crippen molar-refractivity contribution in [2.24, 2.45) is 46.3 Å². The largest absolute Gasteiger partial charge is 0.459 e. The molecule has 1 saturated heterocycles. The van der Waals surface area contributed by atoms with Crippen molar-refractivity contribution in [3.63, 3.8) is 0 Å². The molecule has 1 N–H and O–H groups in total. The van der Waals surface area contributed by atoms with Crippen LogP contribution in [-0.2, 0) is 38.1 Å². The first-order chi connectivity index (χ1) is 26.5. The highest BCUT2D eigenvalue weighted by Gasteiger charge is 2.60. The van der Waals surface area contributed by atoms with E-state index in [1.165, 1.54) is 71.3 Å². The lowest BCUT2D eigenvalue weighted by Crippen LogP contribution is -2.66. The van der Waals surface area contributed by atoms with E-state index in [0.29, 0.717) is 22.8 Å². The van der Waals surface area contributed by atoms with Crippen molar-refractivity contribution >= 4 is 23.8 Å². The highest BCUT2D eigenvalue weighted by atomic mass is 16.8. The van der Waals surface area contributed by atoms with Crippen molar-refractivity contribution in [1.29, 1.82) is 0 Å². The van der Waals surface area contributed by atoms with Gasteiger partial charge in [-0.2, -0.15) is 0 Å². The third-order valence-corrected chi connectivity index (χ3v) is 14.6. The zero-order valence-electron chi connectivity index (χ0n) is 35.1. The molecular weight excluding hydrogens is 711 g/mol. The molecule has 0 bridgehead atoms. The number of rotatable bonds is 13. The van der Waals surface area contributed by atoms with Crippen LogP contribution in [0.2, 0.25) is 0 Å². The van der Waals surface area contributed by atoms with Gasteiger partial charge in [0.05, 0.1) is 12.1 Å². The Labute approximate surface area is 334 Å². The summed E-state index contributed by atoms with van der Waals surface area (Å²) in [4.78, 5) is 50.5. The van der Waals surface area contributed by atoms with Crippen molar-refractivity contribution in [3.05, 3.63) is 47.5 Å². The minimum Gasteiger partial charge on any atom is -0.459 e. The second kappa shape index (κ2) is 17.3. The number of benzene rings is 1. The minimum atomic E-state index is -1.98. The number of hydrogen-bond acceptors (Lipinski definition) is 9. The molecule has 1 heterocycles. The van der Waals surface area contributed by atoms with Crippen LogP contribution in [0.15, 0.2) is 42.0 Å². The minimum absolute atomic E-state index is 0.00819. The molecule has 12 unspecified atom stereocenters. The van der Waals surface area contributed by atoms with Crippen LogP contribution in [0.5, 0.6) is 0 Å². The second-order valence-electron chi connectivity index (χ2n) is 18.7. The normalized spacial score (nSPS) is 36.9. The number of allylic oxidation sites excluding steroid dienone is 1. The summed E-state index contributed by atoms with van der Waals surface area (Å²) >= 11 is 0. The number of fused-ring (bicyclic) bond motifs is 5. The van der Waals surface area contributed by atoms with E-state index in [0.717, 1.165) is 49.4 Å². The second-order valence-corrected chi connectivity index (χ2v) is 18.7. The van der Waals surface area contributed by atoms with E-state index in [9.17, 15) is 19.2 Å². The maximum absolute atomic E-state index is 13.5. The summed E-state index contributed by atoms with van der Waals surface area (Å²) in [5.41, 5.74) is 2.40. The molecule has 4 aliphatic carbocycles. The molecule has 0 aromatic heterocycles. The topological polar surface area (TPSA) is 126 Å². The Morgan fingerprint density at radius 1 is 0.893 bits per heavy atom. The van der Waals surface area contributed by atoms with Crippen LogP contribution in [0.1, 0.15) is 143 Å². The maximum Gasteiger partial charge on any atom is 0.305 e. The molecule has 1 aliphatic heterocycles. The summed E-state index contributed by atoms with van der Waals surface area (Å²) in [7, 11) is 0. The van der Waals surface area contributed by atoms with Gasteiger partial charge in [-0.15, -0.1) is 0 Å². The molecule has 4 fully saturated rings. The number of nitrogens with one attached hydrogen (secondary N) is 1. The average molecular weight is 778 g/mol. The summed E-state index contributed by atoms with van der Waals surface area (Å²) < 4.78 is 30.1. The van der Waals surface area contributed by atoms with E-state index in [-0.39, 0.29) is 23.8 Å². The lowest BCUT2D eigenvalue weighted by molar-refractivity contribution is -0.370. The van der Waals surface area contributed by atoms with Crippen molar-refractivity contribution in [2.75, 3.05) is 6.61 Å². The van der Waals surface area contributed by atoms with E-state index in [2.05, 4.69) is 46.0 Å². The molecule has 10 heteroatoms. The molecular formula is C46H67NO9. The first kappa shape index (κ1) is 42.4. The molecule has 56 heavy (non-hydrogen) atoms. The van der Waals surface area contributed by atoms with Crippen molar-refractivity contribution in [2.45, 2.75) is 163 Å². The molecule has 310 valence electrons. The van der Waals surface area contributed by atoms with Gasteiger partial charge in [-0.3, -0.25) is 19.2 Å². The zero-order chi connectivity index (χ0) is 40.4. The molecule has 1 amide bonds. The number of hydrogen-bond donors (Lipinski definition) is 1. The summed E-state index contributed by atoms with van der Waals surface area (Å²) in [6, 6.07) is 8.02. The average Bonchev–Trinajstić information content (AvgIpc) is 3.49. The molecule has 6 rings (SSSR count). The highest BCUT2D eigenvalue weighted by molar-refractivity contribution is 5.94. The molecule has 10 nitrogen and oxygen atoms in total. The lowest BCUT2D eigenvalue weighted by atomic mass is 9.47. The van der Waals surface area contributed by atoms with Crippen LogP contribution in [0.25, 0.3) is 0 Å². The van der Waals surface area contributed by atoms with Crippen molar-refractivity contribution < 1.29 is 42.9 Å². The number of amides is 1. The summed E-state index contributed by atoms with van der Waals surface area (Å²) in [6.07, 6.45) is 12.9. The van der Waals surface area contributed by atoms with E-state index in [1.54, 1.807) is 24.3 Å². The Bertz CT molecular complexity index is 1610. The van der Waals surface area contributed by atoms with Gasteiger partial charge in [-0.05, 0) is 110 Å². The fourth-order valence-electron chi connectivity index (χ4n) is 12.0. The predicted molar refractivity (Wildman–Crippen MR) is 212 cm³/mol. The zero-order valence-corrected chi connectivity index (χ0v) is 35.1. The SMILES string of the molecule is CC(=O)OCC1(OC(C)=O)OC(OC2CCC3(C)C(=CCC4C3CCC3(C)C(C(C)CCCC(C)C)CCC43)C2)C(NC(=O)c2ccccc2)CC1OC(C)=O. The number of carbonyl (C=O) groups excluding carboxylic acids is 4. The highest BCUT2D eigenvalue weighted by Crippen LogP contribution is 2.67. The van der Waals surface area contributed by atoms with Crippen LogP contribution < -0.4 is 5.32 Å². The third kappa shape index (κ3) is 8.91. The Balaban J connectivity index is 1.21. The fourth-order valence-corrected chi connectivity index (χ4v) is 12.0. The predicted octanol–water partition coefficient (Wildman–Crippen LogP) is 8.71. The molecule has 5 aliphatic rings. The van der Waals surface area contributed by atoms with Crippen LogP contribution in [0.4, 0.5) is 0 Å². The van der Waals surface area contributed by atoms with Gasteiger partial charge >= 0.3 is 17.9 Å². The molecule has 1 aromatic rings. The fraction of sp³-hybridized carbons (Fsp3) is 0.739. The molecule has 3 saturated carbocycles. The van der Waals surface area contributed by atoms with Gasteiger partial charge < -0.3 is 29.0 Å². The van der Waals surface area contributed by atoms with Gasteiger partial charge in [0.15, 0.2) is 19.0 Å². The third-order valence-electron chi connectivity index (χ3n) is 14.6. The first-order valence-electron chi connectivity index (χ1n) is 21.4. The standard InChI is InChI=1S/C46H67NO9/c1-28(2)13-12-14-29(3)37-19-20-38-36-18-17-34-25-35(21-23-44(34,7)39(36)22-24-45(37,38)8)54-43-40(47-42(51)33-15-10-9-11-16-33)26-41(53-31(5)49)46(56-43,55-32(6)50)27-52-30(4)48/h9-11,15-17,28-29,35-41,43H,12-14,18-27H2,1-8H3,(H,47,51). The molecule has 12 atom stereocenters. The molecule has 0 spiro atoms. The van der Waals surface area contributed by atoms with Gasteiger partial charge in [0.1, 0.15) is 0 Å². The van der Waals surface area contributed by atoms with Crippen molar-refractivity contribution in [3.8, 4) is 0 Å². The Morgan fingerprint density at radius 2 is 1.64 bits per heavy atom. The Morgan fingerprint density at radius 3 is 2.32 bits per heavy atom. The van der Waals surface area contributed by atoms with Gasteiger partial charge in [-0.25, -0.2) is 0 Å². The van der Waals surface area contributed by atoms with Crippen LogP contribution in [0.3, 0.4) is 0 Å². The number of carbonyl (C=O) groups is 4. The number of ether oxygens (including phenoxy) is 5. The van der Waals surface area contributed by atoms with E-state index >= 15 is 0 Å². The van der Waals surface area contributed by atoms with E-state index in [1.807, 2.05) is 6.07 Å². The Hall–Kier alpha value is -3.24. The van der Waals surface area contributed by atoms with E-state index in [4.69, 9.17) is 23.7 Å². The number of esters is 3. The first-order valence-corrected chi connectivity index (χ1v) is 21.4. The van der Waals surface area contributed by atoms with Gasteiger partial charge in [-0.1, -0.05) is 83.7 Å². The summed E-state index contributed by atoms with van der Waals surface area (Å²) in [6.45, 7) is 15.5. The van der Waals surface area contributed by atoms with Gasteiger partial charge in [0, 0.05) is 32.8 Å². The van der Waals surface area contributed by atoms with Gasteiger partial charge in [0.25, 0.3) is 11.7 Å². The van der Waals surface area contributed by atoms with Crippen LogP contribution >= 0.6 is 0 Å². The summed E-state index contributed by atoms with van der Waals surface area (Å²) in [5.74, 6) is 0.156. The monoisotopic (exact) mass is 777 g/mol. The van der Waals surface area contributed by atoms with Crippen molar-refractivity contribution in [1.82, 2.24) is 5.32 Å². The smallest absolute Gasteiger partial charge is 0.305 e. The van der Waals surface area contributed by atoms with Crippen LogP contribution in [-0.4, -0.2) is 60.7 Å². The summed E-state index contributed by atoms with van der Waals surface area (Å²) in [5, 5.41) is 3.04. The lowest BCUT2D eigenvalue weighted by Gasteiger charge is -2.58.